The third-order valence-electron chi connectivity index (χ3n) is 4.03. The molecule has 0 radical (unpaired) electrons. The predicted molar refractivity (Wildman–Crippen MR) is 88.7 cm³/mol. The van der Waals surface area contributed by atoms with Gasteiger partial charge in [0.05, 0.1) is 21.3 Å². The zero-order valence-corrected chi connectivity index (χ0v) is 15.2. The van der Waals surface area contributed by atoms with E-state index in [0.29, 0.717) is 6.42 Å². The minimum Gasteiger partial charge on any atom is -0.372 e. The second-order valence-corrected chi connectivity index (χ2v) is 9.05. The van der Waals surface area contributed by atoms with Crippen LogP contribution in [0.2, 0.25) is 0 Å². The number of rotatable bonds is 5. The van der Waals surface area contributed by atoms with Crippen LogP contribution in [0.5, 0.6) is 0 Å². The molecule has 1 fully saturated rings. The molecular formula is C17H24F3NO2S. The molecule has 1 aromatic carbocycles. The molecule has 0 aromatic heterocycles. The van der Waals surface area contributed by atoms with Gasteiger partial charge in [0.2, 0.25) is 0 Å². The van der Waals surface area contributed by atoms with Gasteiger partial charge in [-0.2, -0.15) is 8.78 Å². The normalized spacial score (nSPS) is 21.7. The van der Waals surface area contributed by atoms with Crippen LogP contribution >= 0.6 is 0 Å². The van der Waals surface area contributed by atoms with Crippen LogP contribution in [0.4, 0.5) is 13.2 Å². The van der Waals surface area contributed by atoms with Crippen molar-refractivity contribution < 1.29 is 22.1 Å². The Kier molecular flexibility index (Phi) is 5.77. The number of nitrogens with one attached hydrogen (secondary N) is 1. The molecule has 136 valence electrons. The first-order chi connectivity index (χ1) is 11.0. The lowest BCUT2D eigenvalue weighted by Gasteiger charge is -2.26. The van der Waals surface area contributed by atoms with E-state index in [0.717, 1.165) is 6.07 Å². The van der Waals surface area contributed by atoms with Gasteiger partial charge in [-0.1, -0.05) is 12.1 Å². The lowest BCUT2D eigenvalue weighted by molar-refractivity contribution is -0.124. The number of alkyl halides is 2. The SMILES string of the molecule is C[C@@H](NS(=O)C(C)(C)C)c1cccc(C(F)(F)[C@@H]2CCCO2)c1F. The summed E-state index contributed by atoms with van der Waals surface area (Å²) in [5, 5.41) is 0. The lowest BCUT2D eigenvalue weighted by Crippen LogP contribution is -2.36. The minimum atomic E-state index is -3.39. The molecule has 2 rings (SSSR count). The van der Waals surface area contributed by atoms with Crippen LogP contribution < -0.4 is 4.72 Å². The van der Waals surface area contributed by atoms with Gasteiger partial charge in [-0.05, 0) is 46.6 Å². The van der Waals surface area contributed by atoms with Gasteiger partial charge in [0.15, 0.2) is 0 Å². The van der Waals surface area contributed by atoms with Crippen LogP contribution in [0.25, 0.3) is 0 Å². The average Bonchev–Trinajstić information content (AvgIpc) is 3.01. The number of halogens is 3. The monoisotopic (exact) mass is 363 g/mol. The van der Waals surface area contributed by atoms with Crippen molar-refractivity contribution in [3.63, 3.8) is 0 Å². The molecule has 24 heavy (non-hydrogen) atoms. The predicted octanol–water partition coefficient (Wildman–Crippen LogP) is 4.21. The maximum absolute atomic E-state index is 14.7. The van der Waals surface area contributed by atoms with Crippen LogP contribution in [-0.2, 0) is 21.6 Å². The molecule has 3 atom stereocenters. The smallest absolute Gasteiger partial charge is 0.301 e. The lowest BCUT2D eigenvalue weighted by atomic mass is 9.96. The topological polar surface area (TPSA) is 38.3 Å². The van der Waals surface area contributed by atoms with Crippen LogP contribution in [0.15, 0.2) is 18.2 Å². The van der Waals surface area contributed by atoms with Crippen molar-refractivity contribution in [3.8, 4) is 0 Å². The van der Waals surface area contributed by atoms with E-state index >= 15 is 0 Å². The Morgan fingerprint density at radius 2 is 2.00 bits per heavy atom. The molecule has 1 aliphatic heterocycles. The van der Waals surface area contributed by atoms with Gasteiger partial charge in [-0.25, -0.2) is 13.3 Å². The Labute approximate surface area is 143 Å². The third kappa shape index (κ3) is 4.00. The summed E-state index contributed by atoms with van der Waals surface area (Å²) >= 11 is 0. The van der Waals surface area contributed by atoms with Gasteiger partial charge in [-0.15, -0.1) is 0 Å². The van der Waals surface area contributed by atoms with E-state index in [4.69, 9.17) is 4.74 Å². The van der Waals surface area contributed by atoms with E-state index in [-0.39, 0.29) is 18.6 Å². The van der Waals surface area contributed by atoms with Gasteiger partial charge in [0.1, 0.15) is 11.9 Å². The van der Waals surface area contributed by atoms with Crippen molar-refractivity contribution >= 4 is 11.0 Å². The first kappa shape index (κ1) is 19.4. The minimum absolute atomic E-state index is 0.0720. The van der Waals surface area contributed by atoms with Crippen LogP contribution in [0, 0.1) is 5.82 Å². The second-order valence-electron chi connectivity index (χ2n) is 7.05. The Bertz CT molecular complexity index is 610. The summed E-state index contributed by atoms with van der Waals surface area (Å²) in [7, 11) is -1.43. The van der Waals surface area contributed by atoms with E-state index in [2.05, 4.69) is 4.72 Å². The van der Waals surface area contributed by atoms with Crippen molar-refractivity contribution in [2.45, 2.75) is 63.4 Å². The Hall–Kier alpha value is -0.920. The molecule has 0 amide bonds. The summed E-state index contributed by atoms with van der Waals surface area (Å²) in [5.74, 6) is -4.36. The van der Waals surface area contributed by atoms with Crippen molar-refractivity contribution in [2.24, 2.45) is 0 Å². The Balaban J connectivity index is 2.29. The highest BCUT2D eigenvalue weighted by atomic mass is 32.2. The molecule has 0 spiro atoms. The number of hydrogen-bond donors (Lipinski definition) is 1. The van der Waals surface area contributed by atoms with Crippen LogP contribution in [-0.4, -0.2) is 21.7 Å². The number of hydrogen-bond acceptors (Lipinski definition) is 2. The molecule has 3 nitrogen and oxygen atoms in total. The quantitative estimate of drug-likeness (QED) is 0.851. The molecule has 1 aliphatic rings. The van der Waals surface area contributed by atoms with Crippen molar-refractivity contribution in [3.05, 3.63) is 35.1 Å². The fourth-order valence-corrected chi connectivity index (χ4v) is 3.38. The molecule has 7 heteroatoms. The first-order valence-electron chi connectivity index (χ1n) is 8.01. The summed E-state index contributed by atoms with van der Waals surface area (Å²) in [6.07, 6.45) is -0.544. The fraction of sp³-hybridized carbons (Fsp3) is 0.647. The fourth-order valence-electron chi connectivity index (χ4n) is 2.58. The molecular weight excluding hydrogens is 339 g/mol. The molecule has 1 unspecified atom stereocenters. The molecule has 1 saturated heterocycles. The summed E-state index contributed by atoms with van der Waals surface area (Å²) in [6.45, 7) is 7.21. The highest BCUT2D eigenvalue weighted by Crippen LogP contribution is 2.40. The van der Waals surface area contributed by atoms with Crippen molar-refractivity contribution in [1.29, 1.82) is 0 Å². The first-order valence-corrected chi connectivity index (χ1v) is 9.16. The highest BCUT2D eigenvalue weighted by molar-refractivity contribution is 7.84. The maximum Gasteiger partial charge on any atom is 0.301 e. The van der Waals surface area contributed by atoms with E-state index in [1.54, 1.807) is 27.7 Å². The molecule has 1 N–H and O–H groups in total. The van der Waals surface area contributed by atoms with Gasteiger partial charge in [0.25, 0.3) is 0 Å². The average molecular weight is 363 g/mol. The zero-order chi connectivity index (χ0) is 18.1. The van der Waals surface area contributed by atoms with Crippen molar-refractivity contribution in [2.75, 3.05) is 6.61 Å². The maximum atomic E-state index is 14.7. The van der Waals surface area contributed by atoms with Crippen LogP contribution in [0.1, 0.15) is 57.7 Å². The molecule has 1 aromatic rings. The van der Waals surface area contributed by atoms with Crippen LogP contribution in [0.3, 0.4) is 0 Å². The summed E-state index contributed by atoms with van der Waals surface area (Å²) in [4.78, 5) is 0. The zero-order valence-electron chi connectivity index (χ0n) is 14.4. The largest absolute Gasteiger partial charge is 0.372 e. The molecule has 0 aliphatic carbocycles. The van der Waals surface area contributed by atoms with Gasteiger partial charge < -0.3 is 4.74 Å². The number of ether oxygens (including phenoxy) is 1. The highest BCUT2D eigenvalue weighted by Gasteiger charge is 2.46. The molecule has 0 bridgehead atoms. The summed E-state index contributed by atoms with van der Waals surface area (Å²) < 4.78 is 63.3. The molecule has 0 saturated carbocycles. The van der Waals surface area contributed by atoms with E-state index in [9.17, 15) is 17.4 Å². The van der Waals surface area contributed by atoms with Gasteiger partial charge in [0, 0.05) is 18.2 Å². The van der Waals surface area contributed by atoms with E-state index in [1.165, 1.54) is 12.1 Å². The standard InChI is InChI=1S/C17H24F3NO2S/c1-11(21-24(22)16(2,3)4)12-7-5-8-13(15(12)18)17(19,20)14-9-6-10-23-14/h5,7-8,11,14,21H,6,9-10H2,1-4H3/t11-,14+,24?/m1/s1. The molecule has 1 heterocycles. The van der Waals surface area contributed by atoms with E-state index < -0.39 is 45.2 Å². The second kappa shape index (κ2) is 7.14. The Morgan fingerprint density at radius 1 is 1.33 bits per heavy atom. The van der Waals surface area contributed by atoms with Gasteiger partial charge in [-0.3, -0.25) is 0 Å². The Morgan fingerprint density at radius 3 is 2.54 bits per heavy atom. The summed E-state index contributed by atoms with van der Waals surface area (Å²) in [6, 6.07) is 3.26. The van der Waals surface area contributed by atoms with Crippen molar-refractivity contribution in [1.82, 2.24) is 4.72 Å². The van der Waals surface area contributed by atoms with E-state index in [1.807, 2.05) is 0 Å². The third-order valence-corrected chi connectivity index (χ3v) is 5.71. The number of benzene rings is 1. The summed E-state index contributed by atoms with van der Waals surface area (Å²) in [5.41, 5.74) is -0.593. The van der Waals surface area contributed by atoms with Gasteiger partial charge >= 0.3 is 5.92 Å².